The fourth-order valence-electron chi connectivity index (χ4n) is 2.21. The average molecular weight is 468 g/mol. The third-order valence-corrected chi connectivity index (χ3v) is 4.41. The second-order valence-corrected chi connectivity index (χ2v) is 6.79. The van der Waals surface area contributed by atoms with E-state index < -0.39 is 10.8 Å². The Morgan fingerprint density at radius 1 is 1.32 bits per heavy atom. The van der Waals surface area contributed by atoms with Crippen molar-refractivity contribution in [1.29, 1.82) is 0 Å². The highest BCUT2D eigenvalue weighted by molar-refractivity contribution is 9.10. The first-order valence-electron chi connectivity index (χ1n) is 7.73. The minimum atomic E-state index is -0.637. The highest BCUT2D eigenvalue weighted by Crippen LogP contribution is 2.29. The molecule has 1 amide bonds. The molecule has 0 saturated carbocycles. The second-order valence-electron chi connectivity index (χ2n) is 5.50. The number of ether oxygens (including phenoxy) is 1. The Balaban J connectivity index is 1.67. The highest BCUT2D eigenvalue weighted by atomic mass is 79.9. The van der Waals surface area contributed by atoms with Gasteiger partial charge in [0.1, 0.15) is 11.5 Å². The van der Waals surface area contributed by atoms with Gasteiger partial charge in [-0.2, -0.15) is 5.10 Å². The molecule has 144 valence electrons. The molecule has 0 bridgehead atoms. The fourth-order valence-corrected chi connectivity index (χ4v) is 3.00. The molecule has 0 aliphatic carbocycles. The summed E-state index contributed by atoms with van der Waals surface area (Å²) < 4.78 is 7.66. The second kappa shape index (κ2) is 8.28. The minimum Gasteiger partial charge on any atom is -0.506 e. The van der Waals surface area contributed by atoms with Crippen molar-refractivity contribution in [1.82, 2.24) is 9.78 Å². The number of carbonyl (C=O) groups excluding carboxylic acids is 1. The molecule has 0 saturated heterocycles. The number of non-ortho nitro benzene ring substituents is 1. The van der Waals surface area contributed by atoms with Crippen LogP contribution >= 0.6 is 27.5 Å². The molecule has 1 heterocycles. The zero-order valence-corrected chi connectivity index (χ0v) is 16.3. The third-order valence-electron chi connectivity index (χ3n) is 3.56. The van der Waals surface area contributed by atoms with Gasteiger partial charge in [-0.25, -0.2) is 4.68 Å². The monoisotopic (exact) mass is 466 g/mol. The van der Waals surface area contributed by atoms with Crippen molar-refractivity contribution in [3.8, 4) is 11.5 Å². The Bertz CT molecular complexity index is 1060. The summed E-state index contributed by atoms with van der Waals surface area (Å²) in [5.74, 6) is -0.385. The molecule has 0 aliphatic heterocycles. The molecule has 0 atom stereocenters. The van der Waals surface area contributed by atoms with Gasteiger partial charge >= 0.3 is 0 Å². The number of anilines is 1. The molecule has 0 radical (unpaired) electrons. The lowest BCUT2D eigenvalue weighted by Crippen LogP contribution is -2.14. The van der Waals surface area contributed by atoms with Crippen LogP contribution in [-0.2, 0) is 6.73 Å². The van der Waals surface area contributed by atoms with E-state index in [2.05, 4.69) is 26.3 Å². The van der Waals surface area contributed by atoms with Crippen LogP contribution in [0.4, 0.5) is 11.4 Å². The van der Waals surface area contributed by atoms with Crippen LogP contribution in [0.15, 0.2) is 53.1 Å². The maximum absolute atomic E-state index is 12.3. The van der Waals surface area contributed by atoms with E-state index in [9.17, 15) is 20.0 Å². The number of benzene rings is 2. The van der Waals surface area contributed by atoms with Gasteiger partial charge in [-0.05, 0) is 46.3 Å². The van der Waals surface area contributed by atoms with E-state index >= 15 is 0 Å². The standard InChI is InChI=1S/C17H12BrClN4O5/c18-12-7-10(19)1-4-16(12)28-9-22-6-5-13(21-22)17(25)20-14-8-11(23(26)27)2-3-15(14)24/h1-8,24H,9H2,(H,20,25). The zero-order chi connectivity index (χ0) is 20.3. The topological polar surface area (TPSA) is 120 Å². The van der Waals surface area contributed by atoms with Gasteiger partial charge in [0.05, 0.1) is 15.1 Å². The number of hydrogen-bond acceptors (Lipinski definition) is 6. The van der Waals surface area contributed by atoms with E-state index in [1.165, 1.54) is 16.9 Å². The number of phenols is 1. The van der Waals surface area contributed by atoms with E-state index in [-0.39, 0.29) is 29.5 Å². The van der Waals surface area contributed by atoms with Crippen LogP contribution < -0.4 is 10.1 Å². The number of aromatic hydroxyl groups is 1. The molecule has 0 fully saturated rings. The molecule has 0 aliphatic rings. The van der Waals surface area contributed by atoms with Gasteiger partial charge in [0.25, 0.3) is 11.6 Å². The first-order chi connectivity index (χ1) is 13.3. The summed E-state index contributed by atoms with van der Waals surface area (Å²) in [7, 11) is 0. The number of halogens is 2. The number of nitrogens with zero attached hydrogens (tertiary/aromatic N) is 3. The normalized spacial score (nSPS) is 10.5. The number of rotatable bonds is 6. The molecule has 11 heteroatoms. The minimum absolute atomic E-state index is 0.0373. The summed E-state index contributed by atoms with van der Waals surface area (Å²) in [5, 5.41) is 27.6. The maximum atomic E-state index is 12.3. The lowest BCUT2D eigenvalue weighted by atomic mass is 10.2. The molecule has 2 N–H and O–H groups in total. The van der Waals surface area contributed by atoms with Gasteiger partial charge in [-0.15, -0.1) is 0 Å². The van der Waals surface area contributed by atoms with Crippen molar-refractivity contribution in [2.45, 2.75) is 6.73 Å². The van der Waals surface area contributed by atoms with Gasteiger partial charge in [0.15, 0.2) is 12.4 Å². The van der Waals surface area contributed by atoms with Crippen molar-refractivity contribution >= 4 is 44.8 Å². The van der Waals surface area contributed by atoms with E-state index in [0.29, 0.717) is 15.2 Å². The van der Waals surface area contributed by atoms with Gasteiger partial charge in [-0.1, -0.05) is 11.6 Å². The molecule has 28 heavy (non-hydrogen) atoms. The molecule has 9 nitrogen and oxygen atoms in total. The summed E-state index contributed by atoms with van der Waals surface area (Å²) in [6.45, 7) is 0.0373. The van der Waals surface area contributed by atoms with E-state index in [1.54, 1.807) is 18.2 Å². The molecule has 3 rings (SSSR count). The highest BCUT2D eigenvalue weighted by Gasteiger charge is 2.15. The van der Waals surface area contributed by atoms with Crippen LogP contribution in [0.1, 0.15) is 10.5 Å². The largest absolute Gasteiger partial charge is 0.506 e. The van der Waals surface area contributed by atoms with E-state index in [0.717, 1.165) is 18.2 Å². The van der Waals surface area contributed by atoms with E-state index in [1.807, 2.05) is 0 Å². The predicted octanol–water partition coefficient (Wildman–Crippen LogP) is 4.20. The van der Waals surface area contributed by atoms with Gasteiger partial charge in [-0.3, -0.25) is 14.9 Å². The molecular formula is C17H12BrClN4O5. The van der Waals surface area contributed by atoms with Crippen LogP contribution in [0.5, 0.6) is 11.5 Å². The SMILES string of the molecule is O=C(Nc1cc([N+](=O)[O-])ccc1O)c1ccn(COc2ccc(Cl)cc2Br)n1. The number of nitro groups is 1. The lowest BCUT2D eigenvalue weighted by Gasteiger charge is -2.08. The number of carbonyl (C=O) groups is 1. The Morgan fingerprint density at radius 2 is 2.11 bits per heavy atom. The Kier molecular flexibility index (Phi) is 5.81. The quantitative estimate of drug-likeness (QED) is 0.318. The Morgan fingerprint density at radius 3 is 2.82 bits per heavy atom. The van der Waals surface area contributed by atoms with Crippen LogP contribution in [0, 0.1) is 10.1 Å². The smallest absolute Gasteiger partial charge is 0.276 e. The Hall–Kier alpha value is -3.11. The summed E-state index contributed by atoms with van der Waals surface area (Å²) in [6, 6.07) is 9.82. The van der Waals surface area contributed by atoms with Crippen molar-refractivity contribution in [2.75, 3.05) is 5.32 Å². The number of aromatic nitrogens is 2. The molecule has 1 aromatic heterocycles. The van der Waals surface area contributed by atoms with Crippen molar-refractivity contribution in [3.05, 3.63) is 74.0 Å². The number of phenolic OH excluding ortho intramolecular Hbond substituents is 1. The summed E-state index contributed by atoms with van der Waals surface area (Å²) >= 11 is 9.21. The van der Waals surface area contributed by atoms with Crippen LogP contribution in [0.25, 0.3) is 0 Å². The van der Waals surface area contributed by atoms with Crippen molar-refractivity contribution in [2.24, 2.45) is 0 Å². The fraction of sp³-hybridized carbons (Fsp3) is 0.0588. The maximum Gasteiger partial charge on any atom is 0.276 e. The summed E-state index contributed by atoms with van der Waals surface area (Å²) in [5.41, 5.74) is -0.305. The molecular weight excluding hydrogens is 456 g/mol. The van der Waals surface area contributed by atoms with Crippen molar-refractivity contribution in [3.63, 3.8) is 0 Å². The molecule has 3 aromatic rings. The van der Waals surface area contributed by atoms with Crippen LogP contribution in [-0.4, -0.2) is 25.7 Å². The average Bonchev–Trinajstić information content (AvgIpc) is 3.12. The first-order valence-corrected chi connectivity index (χ1v) is 8.90. The molecule has 0 spiro atoms. The predicted molar refractivity (Wildman–Crippen MR) is 105 cm³/mol. The number of amides is 1. The zero-order valence-electron chi connectivity index (χ0n) is 14.0. The summed E-state index contributed by atoms with van der Waals surface area (Å²) in [6.07, 6.45) is 1.53. The third kappa shape index (κ3) is 4.59. The van der Waals surface area contributed by atoms with E-state index in [4.69, 9.17) is 16.3 Å². The first kappa shape index (κ1) is 19.6. The van der Waals surface area contributed by atoms with Crippen molar-refractivity contribution < 1.29 is 19.6 Å². The van der Waals surface area contributed by atoms with Gasteiger partial charge < -0.3 is 15.2 Å². The van der Waals surface area contributed by atoms with Gasteiger partial charge in [0, 0.05) is 23.4 Å². The number of hydrogen-bond donors (Lipinski definition) is 2. The number of nitro benzene ring substituents is 1. The molecule has 2 aromatic carbocycles. The molecule has 0 unspecified atom stereocenters. The number of nitrogens with one attached hydrogen (secondary N) is 1. The lowest BCUT2D eigenvalue weighted by molar-refractivity contribution is -0.384. The van der Waals surface area contributed by atoms with Gasteiger partial charge in [0.2, 0.25) is 0 Å². The Labute approximate surface area is 171 Å². The van der Waals surface area contributed by atoms with Crippen LogP contribution in [0.2, 0.25) is 5.02 Å². The summed E-state index contributed by atoms with van der Waals surface area (Å²) in [4.78, 5) is 22.5. The van der Waals surface area contributed by atoms with Crippen LogP contribution in [0.3, 0.4) is 0 Å².